The number of amides is 2. The monoisotopic (exact) mass is 340 g/mol. The number of halogens is 1. The zero-order valence-electron chi connectivity index (χ0n) is 11.2. The van der Waals surface area contributed by atoms with E-state index in [1.807, 2.05) is 25.1 Å². The average Bonchev–Trinajstić information content (AvgIpc) is 2.43. The largest absolute Gasteiger partial charge is 0.481 e. The van der Waals surface area contributed by atoms with Crippen LogP contribution in [0.2, 0.25) is 0 Å². The van der Waals surface area contributed by atoms with E-state index in [9.17, 15) is 9.59 Å². The van der Waals surface area contributed by atoms with E-state index < -0.39 is 11.9 Å². The summed E-state index contributed by atoms with van der Waals surface area (Å²) in [5.74, 6) is -1.29. The molecule has 1 fully saturated rings. The molecule has 0 aliphatic carbocycles. The first kappa shape index (κ1) is 14.8. The zero-order chi connectivity index (χ0) is 14.7. The van der Waals surface area contributed by atoms with E-state index in [2.05, 4.69) is 21.2 Å². The van der Waals surface area contributed by atoms with Gasteiger partial charge < -0.3 is 15.3 Å². The Hall–Kier alpha value is -1.56. The Kier molecular flexibility index (Phi) is 4.65. The highest BCUT2D eigenvalue weighted by Crippen LogP contribution is 2.21. The third-order valence-electron chi connectivity index (χ3n) is 3.47. The number of carboxylic acid groups (broad SMARTS) is 1. The Morgan fingerprint density at radius 3 is 2.85 bits per heavy atom. The molecule has 2 N–H and O–H groups in total. The van der Waals surface area contributed by atoms with Crippen molar-refractivity contribution in [1.29, 1.82) is 0 Å². The van der Waals surface area contributed by atoms with Crippen molar-refractivity contribution in [3.8, 4) is 0 Å². The molecule has 2 rings (SSSR count). The van der Waals surface area contributed by atoms with Crippen LogP contribution in [0.4, 0.5) is 10.5 Å². The van der Waals surface area contributed by atoms with Crippen molar-refractivity contribution in [2.75, 3.05) is 18.4 Å². The van der Waals surface area contributed by atoms with Gasteiger partial charge in [-0.15, -0.1) is 0 Å². The lowest BCUT2D eigenvalue weighted by molar-refractivity contribution is -0.143. The second kappa shape index (κ2) is 6.26. The summed E-state index contributed by atoms with van der Waals surface area (Å²) in [5, 5.41) is 11.8. The number of nitrogens with zero attached hydrogens (tertiary/aromatic N) is 1. The maximum absolute atomic E-state index is 12.1. The molecule has 1 aliphatic heterocycles. The number of likely N-dealkylation sites (tertiary alicyclic amines) is 1. The number of carbonyl (C=O) groups excluding carboxylic acids is 1. The second-order valence-electron chi connectivity index (χ2n) is 5.02. The molecule has 1 aromatic rings. The molecule has 5 nitrogen and oxygen atoms in total. The Bertz CT molecular complexity index is 533. The number of piperidine rings is 1. The first-order valence-corrected chi connectivity index (χ1v) is 7.31. The highest BCUT2D eigenvalue weighted by Gasteiger charge is 2.28. The van der Waals surface area contributed by atoms with Crippen molar-refractivity contribution in [3.63, 3.8) is 0 Å². The summed E-state index contributed by atoms with van der Waals surface area (Å²) in [7, 11) is 0. The number of rotatable bonds is 2. The van der Waals surface area contributed by atoms with Crippen molar-refractivity contribution in [3.05, 3.63) is 28.2 Å². The van der Waals surface area contributed by atoms with Gasteiger partial charge in [0.05, 0.1) is 5.92 Å². The third-order valence-corrected chi connectivity index (χ3v) is 4.36. The maximum Gasteiger partial charge on any atom is 0.321 e. The average molecular weight is 341 g/mol. The molecule has 0 unspecified atom stereocenters. The SMILES string of the molecule is Cc1cc(NC(=O)N2CCC[C@@H](C(=O)O)C2)ccc1Br. The van der Waals surface area contributed by atoms with E-state index in [4.69, 9.17) is 5.11 Å². The lowest BCUT2D eigenvalue weighted by Crippen LogP contribution is -2.44. The predicted octanol–water partition coefficient (Wildman–Crippen LogP) is 3.09. The first-order chi connectivity index (χ1) is 9.47. The lowest BCUT2D eigenvalue weighted by Gasteiger charge is -2.30. The number of aryl methyl sites for hydroxylation is 1. The highest BCUT2D eigenvalue weighted by atomic mass is 79.9. The van der Waals surface area contributed by atoms with Gasteiger partial charge in [0.2, 0.25) is 0 Å². The van der Waals surface area contributed by atoms with E-state index in [0.29, 0.717) is 18.7 Å². The van der Waals surface area contributed by atoms with Crippen LogP contribution in [-0.2, 0) is 4.79 Å². The summed E-state index contributed by atoms with van der Waals surface area (Å²) in [6.07, 6.45) is 1.36. The van der Waals surface area contributed by atoms with Gasteiger partial charge in [-0.2, -0.15) is 0 Å². The fraction of sp³-hybridized carbons (Fsp3) is 0.429. The van der Waals surface area contributed by atoms with Gasteiger partial charge in [0.15, 0.2) is 0 Å². The number of anilines is 1. The fourth-order valence-corrected chi connectivity index (χ4v) is 2.53. The minimum absolute atomic E-state index is 0.238. The molecular formula is C14H17BrN2O3. The molecule has 1 heterocycles. The number of carboxylic acids is 1. The number of carbonyl (C=O) groups is 2. The molecule has 0 aromatic heterocycles. The van der Waals surface area contributed by atoms with E-state index in [-0.39, 0.29) is 12.6 Å². The lowest BCUT2D eigenvalue weighted by atomic mass is 9.99. The van der Waals surface area contributed by atoms with Crippen LogP contribution >= 0.6 is 15.9 Å². The van der Waals surface area contributed by atoms with Gasteiger partial charge in [0.1, 0.15) is 0 Å². The molecule has 0 saturated carbocycles. The number of hydrogen-bond donors (Lipinski definition) is 2. The van der Waals surface area contributed by atoms with Crippen molar-refractivity contribution in [1.82, 2.24) is 4.90 Å². The van der Waals surface area contributed by atoms with E-state index >= 15 is 0 Å². The smallest absolute Gasteiger partial charge is 0.321 e. The van der Waals surface area contributed by atoms with Crippen LogP contribution in [-0.4, -0.2) is 35.1 Å². The van der Waals surface area contributed by atoms with Crippen LogP contribution in [0, 0.1) is 12.8 Å². The third kappa shape index (κ3) is 3.50. The fourth-order valence-electron chi connectivity index (χ4n) is 2.29. The predicted molar refractivity (Wildman–Crippen MR) is 79.8 cm³/mol. The molecule has 1 aliphatic rings. The van der Waals surface area contributed by atoms with Gasteiger partial charge in [0, 0.05) is 23.2 Å². The van der Waals surface area contributed by atoms with Crippen molar-refractivity contribution in [2.24, 2.45) is 5.92 Å². The quantitative estimate of drug-likeness (QED) is 0.869. The Morgan fingerprint density at radius 2 is 2.20 bits per heavy atom. The topological polar surface area (TPSA) is 69.6 Å². The molecule has 0 radical (unpaired) electrons. The Balaban J connectivity index is 2.00. The van der Waals surface area contributed by atoms with Gasteiger partial charge in [-0.1, -0.05) is 15.9 Å². The molecule has 0 bridgehead atoms. The van der Waals surface area contributed by atoms with Crippen LogP contribution in [0.25, 0.3) is 0 Å². The second-order valence-corrected chi connectivity index (χ2v) is 5.87. The van der Waals surface area contributed by atoms with Gasteiger partial charge in [0.25, 0.3) is 0 Å². The Morgan fingerprint density at radius 1 is 1.45 bits per heavy atom. The van der Waals surface area contributed by atoms with Crippen LogP contribution in [0.3, 0.4) is 0 Å². The standard InChI is InChI=1S/C14H17BrN2O3/c1-9-7-11(4-5-12(9)15)16-14(20)17-6-2-3-10(8-17)13(18)19/h4-5,7,10H,2-3,6,8H2,1H3,(H,16,20)(H,18,19)/t10-/m1/s1. The van der Waals surface area contributed by atoms with Gasteiger partial charge in [-0.3, -0.25) is 4.79 Å². The van der Waals surface area contributed by atoms with Gasteiger partial charge >= 0.3 is 12.0 Å². The van der Waals surface area contributed by atoms with Crippen molar-refractivity contribution >= 4 is 33.6 Å². The number of urea groups is 1. The summed E-state index contributed by atoms with van der Waals surface area (Å²) in [5.41, 5.74) is 1.75. The highest BCUT2D eigenvalue weighted by molar-refractivity contribution is 9.10. The van der Waals surface area contributed by atoms with Crippen molar-refractivity contribution < 1.29 is 14.7 Å². The van der Waals surface area contributed by atoms with Crippen LogP contribution in [0.5, 0.6) is 0 Å². The molecule has 1 saturated heterocycles. The summed E-state index contributed by atoms with van der Waals surface area (Å²) in [6.45, 7) is 2.82. The maximum atomic E-state index is 12.1. The molecule has 1 aromatic carbocycles. The molecular weight excluding hydrogens is 324 g/mol. The van der Waals surface area contributed by atoms with Crippen LogP contribution < -0.4 is 5.32 Å². The molecule has 0 spiro atoms. The summed E-state index contributed by atoms with van der Waals surface area (Å²) >= 11 is 3.41. The van der Waals surface area contributed by atoms with Gasteiger partial charge in [-0.25, -0.2) is 4.79 Å². The molecule has 1 atom stereocenters. The number of hydrogen-bond acceptors (Lipinski definition) is 2. The normalized spacial score (nSPS) is 18.7. The molecule has 6 heteroatoms. The summed E-state index contributed by atoms with van der Waals surface area (Å²) in [6, 6.07) is 5.33. The van der Waals surface area contributed by atoms with E-state index in [1.54, 1.807) is 4.90 Å². The summed E-state index contributed by atoms with van der Waals surface area (Å²) in [4.78, 5) is 24.7. The number of benzene rings is 1. The van der Waals surface area contributed by atoms with E-state index in [0.717, 1.165) is 16.5 Å². The van der Waals surface area contributed by atoms with Crippen LogP contribution in [0.15, 0.2) is 22.7 Å². The van der Waals surface area contributed by atoms with Gasteiger partial charge in [-0.05, 0) is 43.5 Å². The number of aliphatic carboxylic acids is 1. The molecule has 108 valence electrons. The van der Waals surface area contributed by atoms with E-state index in [1.165, 1.54) is 0 Å². The Labute approximate surface area is 126 Å². The first-order valence-electron chi connectivity index (χ1n) is 6.52. The molecule has 20 heavy (non-hydrogen) atoms. The van der Waals surface area contributed by atoms with Crippen molar-refractivity contribution in [2.45, 2.75) is 19.8 Å². The minimum Gasteiger partial charge on any atom is -0.481 e. The number of nitrogens with one attached hydrogen (secondary N) is 1. The van der Waals surface area contributed by atoms with Crippen LogP contribution in [0.1, 0.15) is 18.4 Å². The molecule has 2 amide bonds. The zero-order valence-corrected chi connectivity index (χ0v) is 12.8. The summed E-state index contributed by atoms with van der Waals surface area (Å²) < 4.78 is 0.986. The minimum atomic E-state index is -0.831.